The number of anilines is 1. The van der Waals surface area contributed by atoms with Gasteiger partial charge in [-0.3, -0.25) is 4.98 Å². The highest BCUT2D eigenvalue weighted by Crippen LogP contribution is 2.18. The van der Waals surface area contributed by atoms with Gasteiger partial charge in [0.15, 0.2) is 0 Å². The summed E-state index contributed by atoms with van der Waals surface area (Å²) in [5, 5.41) is 1.21. The Morgan fingerprint density at radius 3 is 2.88 bits per heavy atom. The normalized spacial score (nSPS) is 10.6. The van der Waals surface area contributed by atoms with Gasteiger partial charge in [0.1, 0.15) is 0 Å². The monoisotopic (exact) mass is 214 g/mol. The molecule has 2 rings (SSSR count). The molecule has 0 fully saturated rings. The minimum Gasteiger partial charge on any atom is -0.373 e. The number of benzene rings is 1. The fourth-order valence-electron chi connectivity index (χ4n) is 1.79. The van der Waals surface area contributed by atoms with Crippen molar-refractivity contribution in [2.75, 3.05) is 18.5 Å². The van der Waals surface area contributed by atoms with Crippen molar-refractivity contribution in [1.29, 1.82) is 0 Å². The molecule has 1 aromatic carbocycles. The molecular formula is C14H18N2. The van der Waals surface area contributed by atoms with Crippen LogP contribution in [-0.4, -0.2) is 18.6 Å². The number of pyridine rings is 1. The maximum Gasteiger partial charge on any atom is 0.0703 e. The molecule has 1 aromatic heterocycles. The minimum absolute atomic E-state index is 1.06. The van der Waals surface area contributed by atoms with Crippen LogP contribution in [0.2, 0.25) is 0 Å². The van der Waals surface area contributed by atoms with Crippen LogP contribution in [0.15, 0.2) is 36.5 Å². The van der Waals surface area contributed by atoms with E-state index in [9.17, 15) is 0 Å². The van der Waals surface area contributed by atoms with Gasteiger partial charge >= 0.3 is 0 Å². The lowest BCUT2D eigenvalue weighted by atomic mass is 10.2. The zero-order valence-corrected chi connectivity index (χ0v) is 9.98. The molecule has 2 aromatic rings. The van der Waals surface area contributed by atoms with Gasteiger partial charge in [-0.25, -0.2) is 0 Å². The first-order chi connectivity index (χ1) is 7.81. The van der Waals surface area contributed by atoms with Crippen molar-refractivity contribution >= 4 is 16.6 Å². The molecule has 0 aliphatic carbocycles. The third kappa shape index (κ3) is 2.32. The zero-order chi connectivity index (χ0) is 11.4. The van der Waals surface area contributed by atoms with Crippen molar-refractivity contribution in [1.82, 2.24) is 4.98 Å². The highest BCUT2D eigenvalue weighted by atomic mass is 15.1. The maximum atomic E-state index is 4.47. The number of hydrogen-bond acceptors (Lipinski definition) is 2. The summed E-state index contributed by atoms with van der Waals surface area (Å²) in [6.07, 6.45) is 4.41. The van der Waals surface area contributed by atoms with Crippen LogP contribution in [0.1, 0.15) is 19.8 Å². The Bertz CT molecular complexity index is 465. The summed E-state index contributed by atoms with van der Waals surface area (Å²) in [5.74, 6) is 0. The molecule has 0 radical (unpaired) electrons. The van der Waals surface area contributed by atoms with E-state index in [0.29, 0.717) is 0 Å². The fraction of sp³-hybridized carbons (Fsp3) is 0.357. The van der Waals surface area contributed by atoms with E-state index in [2.05, 4.69) is 42.1 Å². The summed E-state index contributed by atoms with van der Waals surface area (Å²) in [5.41, 5.74) is 2.27. The number of aromatic nitrogens is 1. The second-order valence-electron chi connectivity index (χ2n) is 4.16. The Hall–Kier alpha value is -1.57. The molecule has 16 heavy (non-hydrogen) atoms. The Labute approximate surface area is 96.9 Å². The van der Waals surface area contributed by atoms with E-state index < -0.39 is 0 Å². The van der Waals surface area contributed by atoms with Gasteiger partial charge < -0.3 is 4.90 Å². The molecular weight excluding hydrogens is 196 g/mol. The summed E-state index contributed by atoms with van der Waals surface area (Å²) in [6, 6.07) is 10.4. The van der Waals surface area contributed by atoms with Crippen LogP contribution in [0.4, 0.5) is 5.69 Å². The SMILES string of the molecule is CCCCN(C)c1cnc2ccccc2c1. The first-order valence-electron chi connectivity index (χ1n) is 5.87. The third-order valence-corrected chi connectivity index (χ3v) is 2.86. The van der Waals surface area contributed by atoms with Crippen molar-refractivity contribution in [3.8, 4) is 0 Å². The van der Waals surface area contributed by atoms with Crippen molar-refractivity contribution < 1.29 is 0 Å². The number of hydrogen-bond donors (Lipinski definition) is 0. The molecule has 0 unspecified atom stereocenters. The number of nitrogens with zero attached hydrogens (tertiary/aromatic N) is 2. The molecule has 0 N–H and O–H groups in total. The average molecular weight is 214 g/mol. The number of unbranched alkanes of at least 4 members (excludes halogenated alkanes) is 1. The summed E-state index contributed by atoms with van der Waals surface area (Å²) < 4.78 is 0. The Morgan fingerprint density at radius 1 is 1.25 bits per heavy atom. The summed E-state index contributed by atoms with van der Waals surface area (Å²) in [7, 11) is 2.13. The van der Waals surface area contributed by atoms with Crippen LogP contribution in [0.5, 0.6) is 0 Å². The van der Waals surface area contributed by atoms with Crippen LogP contribution in [0.25, 0.3) is 10.9 Å². The van der Waals surface area contributed by atoms with Gasteiger partial charge in [-0.2, -0.15) is 0 Å². The van der Waals surface area contributed by atoms with Gasteiger partial charge in [-0.05, 0) is 18.6 Å². The van der Waals surface area contributed by atoms with Gasteiger partial charge in [-0.1, -0.05) is 31.5 Å². The quantitative estimate of drug-likeness (QED) is 0.774. The van der Waals surface area contributed by atoms with Gasteiger partial charge in [0.25, 0.3) is 0 Å². The van der Waals surface area contributed by atoms with Crippen LogP contribution in [0, 0.1) is 0 Å². The van der Waals surface area contributed by atoms with Gasteiger partial charge in [0.05, 0.1) is 17.4 Å². The van der Waals surface area contributed by atoms with Crippen molar-refractivity contribution in [3.63, 3.8) is 0 Å². The largest absolute Gasteiger partial charge is 0.373 e. The van der Waals surface area contributed by atoms with E-state index in [1.807, 2.05) is 18.3 Å². The van der Waals surface area contributed by atoms with E-state index >= 15 is 0 Å². The zero-order valence-electron chi connectivity index (χ0n) is 9.98. The predicted molar refractivity (Wildman–Crippen MR) is 69.9 cm³/mol. The lowest BCUT2D eigenvalue weighted by molar-refractivity contribution is 0.766. The molecule has 0 saturated heterocycles. The van der Waals surface area contributed by atoms with Crippen molar-refractivity contribution in [2.24, 2.45) is 0 Å². The van der Waals surface area contributed by atoms with Crippen LogP contribution >= 0.6 is 0 Å². The Balaban J connectivity index is 2.25. The Kier molecular flexibility index (Phi) is 3.40. The molecule has 1 heterocycles. The van der Waals surface area contributed by atoms with Crippen molar-refractivity contribution in [3.05, 3.63) is 36.5 Å². The van der Waals surface area contributed by atoms with Gasteiger partial charge in [0, 0.05) is 19.0 Å². The maximum absolute atomic E-state index is 4.47. The predicted octanol–water partition coefficient (Wildman–Crippen LogP) is 3.47. The Morgan fingerprint density at radius 2 is 2.06 bits per heavy atom. The lowest BCUT2D eigenvalue weighted by Crippen LogP contribution is -2.18. The number of fused-ring (bicyclic) bond motifs is 1. The second kappa shape index (κ2) is 4.97. The highest BCUT2D eigenvalue weighted by molar-refractivity contribution is 5.81. The topological polar surface area (TPSA) is 16.1 Å². The molecule has 0 aliphatic rings. The van der Waals surface area contributed by atoms with Gasteiger partial charge in [-0.15, -0.1) is 0 Å². The van der Waals surface area contributed by atoms with E-state index in [1.165, 1.54) is 23.9 Å². The molecule has 0 atom stereocenters. The second-order valence-corrected chi connectivity index (χ2v) is 4.16. The molecule has 0 amide bonds. The molecule has 0 spiro atoms. The van der Waals surface area contributed by atoms with E-state index in [0.717, 1.165) is 12.1 Å². The summed E-state index contributed by atoms with van der Waals surface area (Å²) in [4.78, 5) is 6.74. The van der Waals surface area contributed by atoms with E-state index in [-0.39, 0.29) is 0 Å². The van der Waals surface area contributed by atoms with E-state index in [1.54, 1.807) is 0 Å². The molecule has 0 aliphatic heterocycles. The first-order valence-corrected chi connectivity index (χ1v) is 5.87. The third-order valence-electron chi connectivity index (χ3n) is 2.86. The van der Waals surface area contributed by atoms with Crippen LogP contribution in [0.3, 0.4) is 0 Å². The standard InChI is InChI=1S/C14H18N2/c1-3-4-9-16(2)13-10-12-7-5-6-8-14(12)15-11-13/h5-8,10-11H,3-4,9H2,1-2H3. The molecule has 0 saturated carbocycles. The van der Waals surface area contributed by atoms with E-state index in [4.69, 9.17) is 0 Å². The smallest absolute Gasteiger partial charge is 0.0703 e. The molecule has 2 nitrogen and oxygen atoms in total. The average Bonchev–Trinajstić information content (AvgIpc) is 2.35. The lowest BCUT2D eigenvalue weighted by Gasteiger charge is -2.18. The highest BCUT2D eigenvalue weighted by Gasteiger charge is 2.01. The first kappa shape index (κ1) is 10.9. The number of para-hydroxylation sites is 1. The fourth-order valence-corrected chi connectivity index (χ4v) is 1.79. The summed E-state index contributed by atoms with van der Waals surface area (Å²) >= 11 is 0. The van der Waals surface area contributed by atoms with Crippen LogP contribution in [-0.2, 0) is 0 Å². The molecule has 0 bridgehead atoms. The van der Waals surface area contributed by atoms with Gasteiger partial charge in [0.2, 0.25) is 0 Å². The van der Waals surface area contributed by atoms with Crippen LogP contribution < -0.4 is 4.90 Å². The minimum atomic E-state index is 1.06. The van der Waals surface area contributed by atoms with Crippen molar-refractivity contribution in [2.45, 2.75) is 19.8 Å². The number of rotatable bonds is 4. The molecule has 2 heteroatoms. The summed E-state index contributed by atoms with van der Waals surface area (Å²) in [6.45, 7) is 3.31. The molecule has 84 valence electrons.